The second-order valence-corrected chi connectivity index (χ2v) is 9.37. The van der Waals surface area contributed by atoms with Crippen LogP contribution < -0.4 is 4.74 Å². The summed E-state index contributed by atoms with van der Waals surface area (Å²) in [5.74, 6) is 0.390. The number of carbonyl (C=O) groups is 1. The van der Waals surface area contributed by atoms with Crippen molar-refractivity contribution in [3.8, 4) is 5.75 Å². The molecule has 8 heteroatoms. The maximum atomic E-state index is 13.1. The summed E-state index contributed by atoms with van der Waals surface area (Å²) in [5.41, 5.74) is 0.777. The minimum absolute atomic E-state index is 0.0660. The Labute approximate surface area is 177 Å². The third-order valence-corrected chi connectivity index (χ3v) is 7.34. The number of nitrogens with zero attached hydrogens (tertiary/aromatic N) is 2. The van der Waals surface area contributed by atoms with Gasteiger partial charge in [0.05, 0.1) is 18.1 Å². The van der Waals surface area contributed by atoms with Crippen LogP contribution in [0.2, 0.25) is 0 Å². The number of benzene rings is 2. The van der Waals surface area contributed by atoms with Crippen LogP contribution in [0.4, 0.5) is 0 Å². The van der Waals surface area contributed by atoms with E-state index in [2.05, 4.69) is 0 Å². The molecule has 2 aliphatic rings. The molecular formula is C22H26N2O5S. The Morgan fingerprint density at radius 3 is 2.17 bits per heavy atom. The van der Waals surface area contributed by atoms with Crippen molar-refractivity contribution < 1.29 is 22.7 Å². The fourth-order valence-corrected chi connectivity index (χ4v) is 5.16. The summed E-state index contributed by atoms with van der Waals surface area (Å²) in [4.78, 5) is 15.1. The number of sulfonamides is 1. The van der Waals surface area contributed by atoms with Crippen molar-refractivity contribution in [3.05, 3.63) is 60.2 Å². The number of amides is 1. The molecule has 2 aromatic carbocycles. The Bertz CT molecular complexity index is 951. The lowest BCUT2D eigenvalue weighted by Gasteiger charge is -2.26. The number of morpholine rings is 1. The van der Waals surface area contributed by atoms with E-state index in [1.165, 1.54) is 16.4 Å². The van der Waals surface area contributed by atoms with Crippen LogP contribution in [0.5, 0.6) is 5.75 Å². The van der Waals surface area contributed by atoms with Crippen molar-refractivity contribution in [2.75, 3.05) is 39.4 Å². The maximum Gasteiger partial charge on any atom is 0.268 e. The topological polar surface area (TPSA) is 76.2 Å². The van der Waals surface area contributed by atoms with Gasteiger partial charge in [-0.05, 0) is 37.1 Å². The van der Waals surface area contributed by atoms with E-state index in [-0.39, 0.29) is 10.8 Å². The van der Waals surface area contributed by atoms with Crippen molar-refractivity contribution >= 4 is 15.9 Å². The van der Waals surface area contributed by atoms with Crippen LogP contribution in [0.15, 0.2) is 59.5 Å². The van der Waals surface area contributed by atoms with Gasteiger partial charge in [-0.15, -0.1) is 0 Å². The summed E-state index contributed by atoms with van der Waals surface area (Å²) >= 11 is 0. The van der Waals surface area contributed by atoms with Gasteiger partial charge in [0, 0.05) is 31.7 Å². The van der Waals surface area contributed by atoms with Crippen LogP contribution in [-0.4, -0.2) is 62.9 Å². The van der Waals surface area contributed by atoms with Crippen molar-refractivity contribution in [2.24, 2.45) is 0 Å². The molecule has 2 aromatic rings. The smallest absolute Gasteiger partial charge is 0.268 e. The van der Waals surface area contributed by atoms with Crippen LogP contribution in [-0.2, 0) is 19.6 Å². The molecule has 0 saturated carbocycles. The van der Waals surface area contributed by atoms with Gasteiger partial charge in [-0.1, -0.05) is 30.3 Å². The molecule has 0 N–H and O–H groups in total. The summed E-state index contributed by atoms with van der Waals surface area (Å²) in [6, 6.07) is 15.7. The molecule has 0 radical (unpaired) electrons. The quantitative estimate of drug-likeness (QED) is 0.704. The van der Waals surface area contributed by atoms with Crippen molar-refractivity contribution in [3.63, 3.8) is 0 Å². The Morgan fingerprint density at radius 2 is 1.53 bits per heavy atom. The largest absolute Gasteiger partial charge is 0.476 e. The molecule has 0 aliphatic carbocycles. The van der Waals surface area contributed by atoms with Gasteiger partial charge in [0.15, 0.2) is 0 Å². The third-order valence-electron chi connectivity index (χ3n) is 5.43. The Hall–Kier alpha value is -2.42. The molecule has 1 amide bonds. The molecule has 0 aromatic heterocycles. The average molecular weight is 431 g/mol. The molecule has 2 saturated heterocycles. The molecule has 2 heterocycles. The lowest BCUT2D eigenvalue weighted by Crippen LogP contribution is -2.40. The van der Waals surface area contributed by atoms with E-state index in [1.54, 1.807) is 12.1 Å². The zero-order valence-corrected chi connectivity index (χ0v) is 17.6. The predicted octanol–water partition coefficient (Wildman–Crippen LogP) is 2.45. The van der Waals surface area contributed by atoms with E-state index in [0.717, 1.165) is 31.5 Å². The lowest BCUT2D eigenvalue weighted by atomic mass is 10.1. The Balaban J connectivity index is 1.54. The molecular weight excluding hydrogens is 404 g/mol. The van der Waals surface area contributed by atoms with E-state index in [1.807, 2.05) is 35.2 Å². The molecule has 4 rings (SSSR count). The summed E-state index contributed by atoms with van der Waals surface area (Å²) in [5, 5.41) is 0. The Kier molecular flexibility index (Phi) is 6.36. The van der Waals surface area contributed by atoms with Gasteiger partial charge >= 0.3 is 0 Å². The molecule has 0 unspecified atom stereocenters. The standard InChI is InChI=1S/C22H26N2O5S/c25-22(23-12-4-5-13-23)21(18-6-2-1-3-7-18)29-19-8-10-20(11-9-19)30(26,27)24-14-16-28-17-15-24/h1-3,6-11,21H,4-5,12-17H2/t21-/m1/s1. The number of ether oxygens (including phenoxy) is 2. The van der Waals surface area contributed by atoms with Gasteiger partial charge in [-0.25, -0.2) is 8.42 Å². The number of carbonyl (C=O) groups excluding carboxylic acids is 1. The molecule has 2 aliphatic heterocycles. The van der Waals surface area contributed by atoms with Crippen LogP contribution in [0.25, 0.3) is 0 Å². The number of rotatable bonds is 6. The first-order valence-electron chi connectivity index (χ1n) is 10.2. The first-order valence-corrected chi connectivity index (χ1v) is 11.7. The summed E-state index contributed by atoms with van der Waals surface area (Å²) in [6.45, 7) is 2.97. The molecule has 30 heavy (non-hydrogen) atoms. The third kappa shape index (κ3) is 4.50. The Morgan fingerprint density at radius 1 is 0.900 bits per heavy atom. The highest BCUT2D eigenvalue weighted by molar-refractivity contribution is 7.89. The molecule has 2 fully saturated rings. The second kappa shape index (κ2) is 9.16. The fraction of sp³-hybridized carbons (Fsp3) is 0.409. The molecule has 160 valence electrons. The highest BCUT2D eigenvalue weighted by Gasteiger charge is 2.30. The lowest BCUT2D eigenvalue weighted by molar-refractivity contribution is -0.137. The maximum absolute atomic E-state index is 13.1. The van der Waals surface area contributed by atoms with Gasteiger partial charge in [-0.3, -0.25) is 4.79 Å². The van der Waals surface area contributed by atoms with Crippen molar-refractivity contribution in [2.45, 2.75) is 23.8 Å². The van der Waals surface area contributed by atoms with E-state index < -0.39 is 16.1 Å². The van der Waals surface area contributed by atoms with Gasteiger partial charge in [0.2, 0.25) is 16.1 Å². The first-order chi connectivity index (χ1) is 14.6. The van der Waals surface area contributed by atoms with Gasteiger partial charge in [0.25, 0.3) is 5.91 Å². The second-order valence-electron chi connectivity index (χ2n) is 7.43. The summed E-state index contributed by atoms with van der Waals surface area (Å²) in [7, 11) is -3.57. The number of likely N-dealkylation sites (tertiary alicyclic amines) is 1. The van der Waals surface area contributed by atoms with Crippen molar-refractivity contribution in [1.82, 2.24) is 9.21 Å². The number of hydrogen-bond donors (Lipinski definition) is 0. The van der Waals surface area contributed by atoms with Crippen LogP contribution in [0, 0.1) is 0 Å². The van der Waals surface area contributed by atoms with E-state index in [4.69, 9.17) is 9.47 Å². The van der Waals surface area contributed by atoms with Gasteiger partial charge in [-0.2, -0.15) is 4.31 Å². The predicted molar refractivity (Wildman–Crippen MR) is 112 cm³/mol. The van der Waals surface area contributed by atoms with Crippen molar-refractivity contribution in [1.29, 1.82) is 0 Å². The minimum atomic E-state index is -3.57. The SMILES string of the molecule is O=C([C@H](Oc1ccc(S(=O)(=O)N2CCOCC2)cc1)c1ccccc1)N1CCCC1. The molecule has 1 atom stereocenters. The van der Waals surface area contributed by atoms with Gasteiger partial charge in [0.1, 0.15) is 5.75 Å². The van der Waals surface area contributed by atoms with Gasteiger partial charge < -0.3 is 14.4 Å². The minimum Gasteiger partial charge on any atom is -0.476 e. The molecule has 0 bridgehead atoms. The number of hydrogen-bond acceptors (Lipinski definition) is 5. The van der Waals surface area contributed by atoms with E-state index >= 15 is 0 Å². The zero-order valence-electron chi connectivity index (χ0n) is 16.8. The van der Waals surface area contributed by atoms with E-state index in [9.17, 15) is 13.2 Å². The normalized spacial score (nSPS) is 18.9. The molecule has 0 spiro atoms. The summed E-state index contributed by atoms with van der Waals surface area (Å²) < 4.78 is 38.3. The zero-order chi connectivity index (χ0) is 21.0. The van der Waals surface area contributed by atoms with E-state index in [0.29, 0.717) is 32.1 Å². The van der Waals surface area contributed by atoms with Crippen LogP contribution >= 0.6 is 0 Å². The highest BCUT2D eigenvalue weighted by Crippen LogP contribution is 2.27. The monoisotopic (exact) mass is 430 g/mol. The first kappa shape index (κ1) is 20.8. The van der Waals surface area contributed by atoms with Crippen LogP contribution in [0.3, 0.4) is 0 Å². The molecule has 7 nitrogen and oxygen atoms in total. The average Bonchev–Trinajstić information content (AvgIpc) is 3.34. The fourth-order valence-electron chi connectivity index (χ4n) is 3.75. The highest BCUT2D eigenvalue weighted by atomic mass is 32.2. The van der Waals surface area contributed by atoms with Crippen LogP contribution in [0.1, 0.15) is 24.5 Å². The summed E-state index contributed by atoms with van der Waals surface area (Å²) in [6.07, 6.45) is 1.24.